The van der Waals surface area contributed by atoms with Gasteiger partial charge < -0.3 is 10.2 Å². The number of aromatic nitrogens is 4. The molecule has 0 aromatic carbocycles. The van der Waals surface area contributed by atoms with Gasteiger partial charge in [-0.3, -0.25) is 14.5 Å². The average molecular weight is 375 g/mol. The third-order valence-corrected chi connectivity index (χ3v) is 4.90. The number of H-pyrrole nitrogens is 1. The van der Waals surface area contributed by atoms with E-state index in [9.17, 15) is 4.79 Å². The first-order valence-corrected chi connectivity index (χ1v) is 9.69. The van der Waals surface area contributed by atoms with E-state index < -0.39 is 0 Å². The molecule has 2 aromatic rings. The summed E-state index contributed by atoms with van der Waals surface area (Å²) in [6, 6.07) is 4.07. The molecule has 0 radical (unpaired) electrons. The summed E-state index contributed by atoms with van der Waals surface area (Å²) in [7, 11) is 0. The zero-order chi connectivity index (χ0) is 18.4. The average Bonchev–Trinajstić information content (AvgIpc) is 3.01. The van der Waals surface area contributed by atoms with Crippen LogP contribution in [0.5, 0.6) is 0 Å². The van der Waals surface area contributed by atoms with Gasteiger partial charge in [-0.05, 0) is 49.5 Å². The summed E-state index contributed by atoms with van der Waals surface area (Å²) in [6.45, 7) is 4.87. The summed E-state index contributed by atoms with van der Waals surface area (Å²) in [6.07, 6.45) is 7.36. The quantitative estimate of drug-likeness (QED) is 0.728. The highest BCUT2D eigenvalue weighted by Crippen LogP contribution is 2.17. The van der Waals surface area contributed by atoms with Crippen molar-refractivity contribution in [1.82, 2.24) is 25.1 Å². The summed E-state index contributed by atoms with van der Waals surface area (Å²) >= 11 is 5.21. The number of nitrogens with one attached hydrogen (secondary N) is 2. The van der Waals surface area contributed by atoms with Gasteiger partial charge in [-0.1, -0.05) is 13.0 Å². The number of hydrogen-bond donors (Lipinski definition) is 2. The molecule has 2 aromatic heterocycles. The Balaban J connectivity index is 1.53. The number of carbonyl (C=O) groups excluding carboxylic acids is 1. The fraction of sp³-hybridized carbons (Fsp3) is 0.556. The second-order valence-corrected chi connectivity index (χ2v) is 7.02. The second-order valence-electron chi connectivity index (χ2n) is 6.63. The van der Waals surface area contributed by atoms with Gasteiger partial charge in [0, 0.05) is 32.3 Å². The number of anilines is 1. The molecule has 1 aliphatic heterocycles. The number of carbonyl (C=O) groups is 1. The Bertz CT molecular complexity index is 776. The highest BCUT2D eigenvalue weighted by atomic mass is 32.1. The van der Waals surface area contributed by atoms with E-state index in [1.165, 1.54) is 19.3 Å². The van der Waals surface area contributed by atoms with Crippen molar-refractivity contribution >= 4 is 23.9 Å². The molecule has 26 heavy (non-hydrogen) atoms. The maximum Gasteiger partial charge on any atom is 0.240 e. The zero-order valence-electron chi connectivity index (χ0n) is 15.2. The van der Waals surface area contributed by atoms with E-state index in [0.717, 1.165) is 43.1 Å². The topological polar surface area (TPSA) is 78.8 Å². The molecule has 1 saturated heterocycles. The van der Waals surface area contributed by atoms with Crippen molar-refractivity contribution < 1.29 is 4.79 Å². The monoisotopic (exact) mass is 374 g/mol. The van der Waals surface area contributed by atoms with Crippen LogP contribution in [0.2, 0.25) is 0 Å². The number of aryl methyl sites for hydroxylation is 1. The first-order valence-electron chi connectivity index (χ1n) is 9.28. The number of nitrogens with zero attached hydrogens (tertiary/aromatic N) is 4. The summed E-state index contributed by atoms with van der Waals surface area (Å²) in [4.78, 5) is 19.1. The van der Waals surface area contributed by atoms with Crippen molar-refractivity contribution in [3.63, 3.8) is 0 Å². The van der Waals surface area contributed by atoms with Crippen LogP contribution in [0.3, 0.4) is 0 Å². The number of amides is 1. The van der Waals surface area contributed by atoms with Gasteiger partial charge in [-0.25, -0.2) is 4.98 Å². The van der Waals surface area contributed by atoms with Crippen molar-refractivity contribution in [2.24, 2.45) is 0 Å². The van der Waals surface area contributed by atoms with Gasteiger partial charge in [-0.15, -0.1) is 0 Å². The highest BCUT2D eigenvalue weighted by molar-refractivity contribution is 7.71. The molecule has 3 heterocycles. The maximum absolute atomic E-state index is 12.3. The highest BCUT2D eigenvalue weighted by Gasteiger charge is 2.12. The molecule has 1 amide bonds. The molecule has 1 fully saturated rings. The molecule has 7 nitrogen and oxygen atoms in total. The van der Waals surface area contributed by atoms with Gasteiger partial charge in [0.1, 0.15) is 18.2 Å². The molecule has 140 valence electrons. The predicted molar refractivity (Wildman–Crippen MR) is 104 cm³/mol. The van der Waals surface area contributed by atoms with Crippen molar-refractivity contribution in [3.8, 4) is 0 Å². The van der Waals surface area contributed by atoms with Crippen LogP contribution in [0.25, 0.3) is 0 Å². The lowest BCUT2D eigenvalue weighted by molar-refractivity contribution is -0.121. The fourth-order valence-electron chi connectivity index (χ4n) is 3.16. The van der Waals surface area contributed by atoms with E-state index in [2.05, 4.69) is 32.3 Å². The van der Waals surface area contributed by atoms with E-state index in [1.54, 1.807) is 4.57 Å². The minimum Gasteiger partial charge on any atom is -0.357 e. The van der Waals surface area contributed by atoms with Crippen LogP contribution in [0.15, 0.2) is 18.3 Å². The standard InChI is InChI=1S/C18H26N6OS/c1-2-6-16-21-22-18(26)24(16)13-17(25)20-12-14-7-8-15(19-11-14)23-9-4-3-5-10-23/h7-8,11H,2-6,9-10,12-13H2,1H3,(H,20,25)(H,22,26). The second kappa shape index (κ2) is 8.93. The van der Waals surface area contributed by atoms with Crippen LogP contribution in [-0.2, 0) is 24.3 Å². The Morgan fingerprint density at radius 2 is 2.12 bits per heavy atom. The molecular formula is C18H26N6OS. The molecule has 0 saturated carbocycles. The lowest BCUT2D eigenvalue weighted by atomic mass is 10.1. The van der Waals surface area contributed by atoms with Crippen LogP contribution >= 0.6 is 12.2 Å². The lowest BCUT2D eigenvalue weighted by Gasteiger charge is -2.27. The van der Waals surface area contributed by atoms with Gasteiger partial charge >= 0.3 is 0 Å². The number of hydrogen-bond acceptors (Lipinski definition) is 5. The molecule has 2 N–H and O–H groups in total. The molecule has 0 atom stereocenters. The Morgan fingerprint density at radius 3 is 2.81 bits per heavy atom. The molecular weight excluding hydrogens is 348 g/mol. The van der Waals surface area contributed by atoms with Gasteiger partial charge in [0.05, 0.1) is 0 Å². The van der Waals surface area contributed by atoms with Crippen molar-refractivity contribution in [1.29, 1.82) is 0 Å². The van der Waals surface area contributed by atoms with E-state index in [1.807, 2.05) is 18.3 Å². The number of rotatable bonds is 7. The van der Waals surface area contributed by atoms with Crippen molar-refractivity contribution in [3.05, 3.63) is 34.5 Å². The van der Waals surface area contributed by atoms with E-state index in [-0.39, 0.29) is 12.5 Å². The minimum atomic E-state index is -0.0834. The van der Waals surface area contributed by atoms with Crippen LogP contribution in [-0.4, -0.2) is 38.7 Å². The predicted octanol–water partition coefficient (Wildman–Crippen LogP) is 2.59. The van der Waals surface area contributed by atoms with Crippen LogP contribution in [0.1, 0.15) is 44.0 Å². The molecule has 0 spiro atoms. The summed E-state index contributed by atoms with van der Waals surface area (Å²) in [5.41, 5.74) is 0.990. The normalized spacial score (nSPS) is 14.4. The molecule has 0 unspecified atom stereocenters. The first-order chi connectivity index (χ1) is 12.7. The molecule has 0 bridgehead atoms. The van der Waals surface area contributed by atoms with Gasteiger partial charge in [0.15, 0.2) is 4.77 Å². The van der Waals surface area contributed by atoms with Gasteiger partial charge in [0.2, 0.25) is 5.91 Å². The number of piperidine rings is 1. The summed E-state index contributed by atoms with van der Waals surface area (Å²) in [5, 5.41) is 9.87. The Morgan fingerprint density at radius 1 is 1.31 bits per heavy atom. The molecule has 1 aliphatic rings. The molecule has 0 aliphatic carbocycles. The van der Waals surface area contributed by atoms with Crippen molar-refractivity contribution in [2.75, 3.05) is 18.0 Å². The third-order valence-electron chi connectivity index (χ3n) is 4.59. The van der Waals surface area contributed by atoms with Crippen LogP contribution in [0, 0.1) is 4.77 Å². The molecule has 8 heteroatoms. The van der Waals surface area contributed by atoms with Gasteiger partial charge in [0.25, 0.3) is 0 Å². The maximum atomic E-state index is 12.3. The number of aromatic amines is 1. The van der Waals surface area contributed by atoms with E-state index in [4.69, 9.17) is 12.2 Å². The van der Waals surface area contributed by atoms with E-state index in [0.29, 0.717) is 11.3 Å². The lowest BCUT2D eigenvalue weighted by Crippen LogP contribution is -2.30. The van der Waals surface area contributed by atoms with E-state index >= 15 is 0 Å². The van der Waals surface area contributed by atoms with Crippen LogP contribution in [0.4, 0.5) is 5.82 Å². The fourth-order valence-corrected chi connectivity index (χ4v) is 3.37. The minimum absolute atomic E-state index is 0.0834. The first kappa shape index (κ1) is 18.6. The van der Waals surface area contributed by atoms with Crippen molar-refractivity contribution in [2.45, 2.75) is 52.1 Å². The van der Waals surface area contributed by atoms with Crippen LogP contribution < -0.4 is 10.2 Å². The Hall–Kier alpha value is -2.22. The Kier molecular flexibility index (Phi) is 6.38. The summed E-state index contributed by atoms with van der Waals surface area (Å²) in [5.74, 6) is 1.76. The largest absolute Gasteiger partial charge is 0.357 e. The SMILES string of the molecule is CCCc1n[nH]c(=S)n1CC(=O)NCc1ccc(N2CCCCC2)nc1. The zero-order valence-corrected chi connectivity index (χ0v) is 16.0. The summed E-state index contributed by atoms with van der Waals surface area (Å²) < 4.78 is 2.24. The smallest absolute Gasteiger partial charge is 0.240 e. The Labute approximate surface area is 158 Å². The molecule has 3 rings (SSSR count). The van der Waals surface area contributed by atoms with Gasteiger partial charge in [-0.2, -0.15) is 5.10 Å². The number of pyridine rings is 1. The third kappa shape index (κ3) is 4.69.